The molecule has 1 aromatic heterocycles. The molecule has 0 aliphatic carbocycles. The van der Waals surface area contributed by atoms with Crippen LogP contribution in [0, 0.1) is 6.92 Å². The molecule has 0 atom stereocenters. The summed E-state index contributed by atoms with van der Waals surface area (Å²) in [6.45, 7) is 2.55. The monoisotopic (exact) mass is 384 g/mol. The number of rotatable bonds is 7. The van der Waals surface area contributed by atoms with Gasteiger partial charge in [-0.05, 0) is 24.6 Å². The van der Waals surface area contributed by atoms with Crippen molar-refractivity contribution < 1.29 is 9.53 Å². The van der Waals surface area contributed by atoms with Crippen molar-refractivity contribution >= 4 is 29.0 Å². The number of hydrogen-bond donors (Lipinski definition) is 1. The Morgan fingerprint density at radius 3 is 2.81 bits per heavy atom. The molecule has 1 amide bonds. The summed E-state index contributed by atoms with van der Waals surface area (Å²) < 4.78 is 6.09. The van der Waals surface area contributed by atoms with E-state index in [1.54, 1.807) is 18.4 Å². The van der Waals surface area contributed by atoms with Gasteiger partial charge in [0.1, 0.15) is 5.75 Å². The van der Waals surface area contributed by atoms with Gasteiger partial charge >= 0.3 is 0 Å². The van der Waals surface area contributed by atoms with Crippen LogP contribution >= 0.6 is 23.1 Å². The van der Waals surface area contributed by atoms with Crippen LogP contribution in [-0.4, -0.2) is 23.8 Å². The molecule has 0 radical (unpaired) electrons. The minimum atomic E-state index is -0.00935. The number of carbonyl (C=O) groups excluding carboxylic acids is 1. The van der Waals surface area contributed by atoms with E-state index < -0.39 is 0 Å². The molecule has 134 valence electrons. The minimum Gasteiger partial charge on any atom is -0.497 e. The lowest BCUT2D eigenvalue weighted by Gasteiger charge is -2.06. The Hall–Kier alpha value is -2.31. The van der Waals surface area contributed by atoms with Crippen LogP contribution in [0.4, 0.5) is 0 Å². The van der Waals surface area contributed by atoms with Gasteiger partial charge in [-0.25, -0.2) is 4.98 Å². The summed E-state index contributed by atoms with van der Waals surface area (Å²) in [6.07, 6.45) is 0. The van der Waals surface area contributed by atoms with Crippen molar-refractivity contribution in [1.82, 2.24) is 10.3 Å². The summed E-state index contributed by atoms with van der Waals surface area (Å²) >= 11 is 3.03. The van der Waals surface area contributed by atoms with E-state index >= 15 is 0 Å². The maximum absolute atomic E-state index is 12.1. The number of nitrogens with one attached hydrogen (secondary N) is 1. The summed E-state index contributed by atoms with van der Waals surface area (Å²) in [5.74, 6) is 1.13. The largest absolute Gasteiger partial charge is 0.497 e. The van der Waals surface area contributed by atoms with Crippen molar-refractivity contribution in [3.63, 3.8) is 0 Å². The Bertz CT molecular complexity index is 876. The molecule has 1 heterocycles. The van der Waals surface area contributed by atoms with E-state index in [1.807, 2.05) is 29.6 Å². The number of thiazole rings is 1. The van der Waals surface area contributed by atoms with Crippen molar-refractivity contribution in [3.8, 4) is 17.0 Å². The highest BCUT2D eigenvalue weighted by Gasteiger charge is 2.08. The van der Waals surface area contributed by atoms with Crippen LogP contribution in [0.5, 0.6) is 5.75 Å². The molecule has 6 heteroatoms. The first-order valence-corrected chi connectivity index (χ1v) is 10.1. The Morgan fingerprint density at radius 1 is 1.23 bits per heavy atom. The fraction of sp³-hybridized carbons (Fsp3) is 0.200. The van der Waals surface area contributed by atoms with Crippen molar-refractivity contribution in [2.24, 2.45) is 0 Å². The highest BCUT2D eigenvalue weighted by atomic mass is 32.2. The summed E-state index contributed by atoms with van der Waals surface area (Å²) in [7, 11) is 1.63. The van der Waals surface area contributed by atoms with Crippen molar-refractivity contribution in [3.05, 3.63) is 65.0 Å². The quantitative estimate of drug-likeness (QED) is 0.608. The lowest BCUT2D eigenvalue weighted by atomic mass is 10.1. The van der Waals surface area contributed by atoms with E-state index in [1.165, 1.54) is 17.3 Å². The van der Waals surface area contributed by atoms with Gasteiger partial charge in [0, 0.05) is 17.5 Å². The van der Waals surface area contributed by atoms with Crippen LogP contribution in [0.2, 0.25) is 0 Å². The Labute approximate surface area is 161 Å². The van der Waals surface area contributed by atoms with Crippen molar-refractivity contribution in [2.45, 2.75) is 17.8 Å². The number of ether oxygens (including phenoxy) is 1. The zero-order chi connectivity index (χ0) is 18.4. The number of aromatic nitrogens is 1. The zero-order valence-corrected chi connectivity index (χ0v) is 16.3. The van der Waals surface area contributed by atoms with E-state index in [0.717, 1.165) is 26.9 Å². The van der Waals surface area contributed by atoms with E-state index in [0.29, 0.717) is 12.3 Å². The molecule has 26 heavy (non-hydrogen) atoms. The second kappa shape index (κ2) is 8.87. The minimum absolute atomic E-state index is 0.00935. The molecule has 0 unspecified atom stereocenters. The van der Waals surface area contributed by atoms with Gasteiger partial charge in [0.2, 0.25) is 5.91 Å². The molecule has 4 nitrogen and oxygen atoms in total. The average molecular weight is 385 g/mol. The fourth-order valence-corrected chi connectivity index (χ4v) is 4.01. The van der Waals surface area contributed by atoms with E-state index in [2.05, 4.69) is 41.5 Å². The number of nitrogens with zero attached hydrogens (tertiary/aromatic N) is 1. The fourth-order valence-electron chi connectivity index (χ4n) is 2.34. The Kier molecular flexibility index (Phi) is 6.30. The van der Waals surface area contributed by atoms with E-state index in [4.69, 9.17) is 4.74 Å². The van der Waals surface area contributed by atoms with Crippen LogP contribution < -0.4 is 10.1 Å². The maximum Gasteiger partial charge on any atom is 0.230 e. The van der Waals surface area contributed by atoms with Crippen molar-refractivity contribution in [2.75, 3.05) is 12.9 Å². The molecular formula is C20H20N2O2S2. The Morgan fingerprint density at radius 2 is 2.04 bits per heavy atom. The van der Waals surface area contributed by atoms with Gasteiger partial charge in [-0.2, -0.15) is 0 Å². The number of amides is 1. The lowest BCUT2D eigenvalue weighted by molar-refractivity contribution is -0.118. The lowest BCUT2D eigenvalue weighted by Crippen LogP contribution is -2.24. The third-order valence-corrected chi connectivity index (χ3v) is 5.80. The van der Waals surface area contributed by atoms with Gasteiger partial charge in [0.15, 0.2) is 4.34 Å². The average Bonchev–Trinajstić information content (AvgIpc) is 3.14. The molecule has 1 N–H and O–H groups in total. The van der Waals surface area contributed by atoms with Gasteiger partial charge in [0.25, 0.3) is 0 Å². The normalized spacial score (nSPS) is 10.5. The molecule has 3 aromatic rings. The third-order valence-electron chi connectivity index (χ3n) is 3.78. The van der Waals surface area contributed by atoms with Gasteiger partial charge in [-0.15, -0.1) is 11.3 Å². The number of carbonyl (C=O) groups is 1. The molecule has 3 rings (SSSR count). The number of benzene rings is 2. The Balaban J connectivity index is 1.49. The second-order valence-corrected chi connectivity index (χ2v) is 7.86. The number of methoxy groups -OCH3 is 1. The number of aryl methyl sites for hydroxylation is 1. The highest BCUT2D eigenvalue weighted by molar-refractivity contribution is 8.01. The smallest absolute Gasteiger partial charge is 0.230 e. The molecule has 0 bridgehead atoms. The third kappa shape index (κ3) is 5.09. The van der Waals surface area contributed by atoms with Gasteiger partial charge in [-0.1, -0.05) is 53.7 Å². The van der Waals surface area contributed by atoms with Crippen LogP contribution in [0.3, 0.4) is 0 Å². The standard InChI is InChI=1S/C20H20N2O2S2/c1-14-6-8-16(9-7-14)18-12-25-20(22-18)26-13-19(23)21-11-15-4-3-5-17(10-15)24-2/h3-10,12H,11,13H2,1-2H3,(H,21,23). The molecule has 0 spiro atoms. The first-order valence-electron chi connectivity index (χ1n) is 8.19. The second-order valence-electron chi connectivity index (χ2n) is 5.78. The predicted molar refractivity (Wildman–Crippen MR) is 108 cm³/mol. The summed E-state index contributed by atoms with van der Waals surface area (Å²) in [4.78, 5) is 16.7. The van der Waals surface area contributed by atoms with Crippen LogP contribution in [0.25, 0.3) is 11.3 Å². The molecule has 0 saturated heterocycles. The first kappa shape index (κ1) is 18.5. The molecule has 0 fully saturated rings. The molecular weight excluding hydrogens is 364 g/mol. The number of thioether (sulfide) groups is 1. The van der Waals surface area contributed by atoms with E-state index in [9.17, 15) is 4.79 Å². The number of hydrogen-bond acceptors (Lipinski definition) is 5. The van der Waals surface area contributed by atoms with Gasteiger partial charge < -0.3 is 10.1 Å². The topological polar surface area (TPSA) is 51.2 Å². The summed E-state index contributed by atoms with van der Waals surface area (Å²) in [6, 6.07) is 16.0. The zero-order valence-electron chi connectivity index (χ0n) is 14.7. The maximum atomic E-state index is 12.1. The van der Waals surface area contributed by atoms with E-state index in [-0.39, 0.29) is 5.91 Å². The highest BCUT2D eigenvalue weighted by Crippen LogP contribution is 2.28. The molecule has 0 aliphatic rings. The molecule has 0 saturated carbocycles. The predicted octanol–water partition coefficient (Wildman–Crippen LogP) is 4.54. The molecule has 2 aromatic carbocycles. The van der Waals surface area contributed by atoms with Gasteiger partial charge in [0.05, 0.1) is 18.6 Å². The first-order chi connectivity index (χ1) is 12.6. The van der Waals surface area contributed by atoms with Crippen LogP contribution in [0.1, 0.15) is 11.1 Å². The summed E-state index contributed by atoms with van der Waals surface area (Å²) in [5.41, 5.74) is 4.29. The van der Waals surface area contributed by atoms with Crippen LogP contribution in [-0.2, 0) is 11.3 Å². The summed E-state index contributed by atoms with van der Waals surface area (Å²) in [5, 5.41) is 4.96. The van der Waals surface area contributed by atoms with Crippen LogP contribution in [0.15, 0.2) is 58.3 Å². The SMILES string of the molecule is COc1cccc(CNC(=O)CSc2nc(-c3ccc(C)cc3)cs2)c1. The van der Waals surface area contributed by atoms with Gasteiger partial charge in [-0.3, -0.25) is 4.79 Å². The molecule has 0 aliphatic heterocycles. The van der Waals surface area contributed by atoms with Crippen molar-refractivity contribution in [1.29, 1.82) is 0 Å².